The van der Waals surface area contributed by atoms with E-state index < -0.39 is 0 Å². The fraction of sp³-hybridized carbons (Fsp3) is 0.857. The minimum atomic E-state index is -0.227. The van der Waals surface area contributed by atoms with E-state index >= 15 is 0 Å². The molecule has 106 valence electrons. The Kier molecular flexibility index (Phi) is 9.33. The van der Waals surface area contributed by atoms with Crippen molar-refractivity contribution >= 4 is 11.9 Å². The van der Waals surface area contributed by atoms with E-state index in [0.29, 0.717) is 32.0 Å². The Balaban J connectivity index is 4.32. The second-order valence-corrected chi connectivity index (χ2v) is 4.63. The normalized spacial score (nSPS) is 12.3. The Morgan fingerprint density at radius 2 is 1.39 bits per heavy atom. The molecule has 0 aromatic rings. The van der Waals surface area contributed by atoms with Crippen LogP contribution in [0.15, 0.2) is 0 Å². The van der Waals surface area contributed by atoms with Crippen LogP contribution in [-0.2, 0) is 19.1 Å². The largest absolute Gasteiger partial charge is 0.466 e. The van der Waals surface area contributed by atoms with Crippen LogP contribution in [0.2, 0.25) is 0 Å². The quantitative estimate of drug-likeness (QED) is 0.597. The van der Waals surface area contributed by atoms with Gasteiger partial charge < -0.3 is 9.47 Å². The molecule has 0 radical (unpaired) electrons. The number of esters is 2. The molecule has 0 aliphatic heterocycles. The Hall–Kier alpha value is -1.06. The van der Waals surface area contributed by atoms with Crippen molar-refractivity contribution in [2.24, 2.45) is 11.8 Å². The lowest BCUT2D eigenvalue weighted by molar-refractivity contribution is -0.147. The number of hydrogen-bond donors (Lipinski definition) is 0. The van der Waals surface area contributed by atoms with Gasteiger partial charge >= 0.3 is 11.9 Å². The molecule has 1 unspecified atom stereocenters. The van der Waals surface area contributed by atoms with Crippen LogP contribution >= 0.6 is 0 Å². The van der Waals surface area contributed by atoms with Crippen molar-refractivity contribution in [3.05, 3.63) is 0 Å². The average Bonchev–Trinajstić information content (AvgIpc) is 2.29. The van der Waals surface area contributed by atoms with Crippen LogP contribution in [0.3, 0.4) is 0 Å². The fourth-order valence-corrected chi connectivity index (χ4v) is 1.89. The molecule has 0 fully saturated rings. The maximum Gasteiger partial charge on any atom is 0.306 e. The molecule has 0 bridgehead atoms. The average molecular weight is 258 g/mol. The minimum Gasteiger partial charge on any atom is -0.466 e. The Morgan fingerprint density at radius 1 is 0.944 bits per heavy atom. The molecule has 4 heteroatoms. The van der Waals surface area contributed by atoms with E-state index in [0.717, 1.165) is 12.8 Å². The predicted molar refractivity (Wildman–Crippen MR) is 70.1 cm³/mol. The van der Waals surface area contributed by atoms with Crippen LogP contribution in [0.1, 0.15) is 53.4 Å². The smallest absolute Gasteiger partial charge is 0.306 e. The number of rotatable bonds is 9. The zero-order chi connectivity index (χ0) is 14.0. The van der Waals surface area contributed by atoms with Crippen LogP contribution in [0.5, 0.6) is 0 Å². The molecule has 0 N–H and O–H groups in total. The summed E-state index contributed by atoms with van der Waals surface area (Å²) in [5.41, 5.74) is 0. The van der Waals surface area contributed by atoms with E-state index in [1.54, 1.807) is 13.8 Å². The molecule has 0 spiro atoms. The van der Waals surface area contributed by atoms with Gasteiger partial charge in [-0.3, -0.25) is 9.59 Å². The summed E-state index contributed by atoms with van der Waals surface area (Å²) >= 11 is 0. The first-order chi connectivity index (χ1) is 8.53. The molecule has 18 heavy (non-hydrogen) atoms. The first kappa shape index (κ1) is 16.9. The van der Waals surface area contributed by atoms with Gasteiger partial charge in [-0.25, -0.2) is 0 Å². The number of carbonyl (C=O) groups excluding carboxylic acids is 2. The van der Waals surface area contributed by atoms with Gasteiger partial charge in [-0.05, 0) is 32.1 Å². The second kappa shape index (κ2) is 9.92. The van der Waals surface area contributed by atoms with E-state index in [2.05, 4.69) is 13.8 Å². The lowest BCUT2D eigenvalue weighted by atomic mass is 9.89. The van der Waals surface area contributed by atoms with E-state index in [9.17, 15) is 9.59 Å². The molecule has 0 rings (SSSR count). The van der Waals surface area contributed by atoms with Gasteiger partial charge in [0, 0.05) is 12.8 Å². The van der Waals surface area contributed by atoms with Crippen molar-refractivity contribution in [3.8, 4) is 0 Å². The van der Waals surface area contributed by atoms with Gasteiger partial charge in [0.25, 0.3) is 0 Å². The summed E-state index contributed by atoms with van der Waals surface area (Å²) in [6, 6.07) is 0. The highest BCUT2D eigenvalue weighted by atomic mass is 16.5. The lowest BCUT2D eigenvalue weighted by Crippen LogP contribution is -2.18. The number of hydrogen-bond acceptors (Lipinski definition) is 4. The highest BCUT2D eigenvalue weighted by Crippen LogP contribution is 2.22. The molecular weight excluding hydrogens is 232 g/mol. The predicted octanol–water partition coefficient (Wildman–Crippen LogP) is 2.95. The SMILES string of the molecule is CCOC(=O)CC(CC(=O)OCC)CC(C)CC. The van der Waals surface area contributed by atoms with Crippen LogP contribution in [0.25, 0.3) is 0 Å². The zero-order valence-electron chi connectivity index (χ0n) is 12.0. The monoisotopic (exact) mass is 258 g/mol. The molecule has 0 aliphatic rings. The van der Waals surface area contributed by atoms with Crippen molar-refractivity contribution in [3.63, 3.8) is 0 Å². The van der Waals surface area contributed by atoms with Crippen LogP contribution in [-0.4, -0.2) is 25.2 Å². The van der Waals surface area contributed by atoms with Gasteiger partial charge in [-0.2, -0.15) is 0 Å². The number of ether oxygens (including phenoxy) is 2. The number of carbonyl (C=O) groups is 2. The third kappa shape index (κ3) is 8.09. The van der Waals surface area contributed by atoms with E-state index in [-0.39, 0.29) is 17.9 Å². The van der Waals surface area contributed by atoms with Crippen molar-refractivity contribution < 1.29 is 19.1 Å². The fourth-order valence-electron chi connectivity index (χ4n) is 1.89. The summed E-state index contributed by atoms with van der Waals surface area (Å²) in [5, 5.41) is 0. The van der Waals surface area contributed by atoms with Crippen molar-refractivity contribution in [2.45, 2.75) is 53.4 Å². The summed E-state index contributed by atoms with van der Waals surface area (Å²) in [6.07, 6.45) is 2.50. The minimum absolute atomic E-state index is 0.0260. The second-order valence-electron chi connectivity index (χ2n) is 4.63. The zero-order valence-corrected chi connectivity index (χ0v) is 12.0. The van der Waals surface area contributed by atoms with Gasteiger partial charge in [0.1, 0.15) is 0 Å². The summed E-state index contributed by atoms with van der Waals surface area (Å²) in [5.74, 6) is 0.0714. The Morgan fingerprint density at radius 3 is 1.72 bits per heavy atom. The molecule has 0 heterocycles. The highest BCUT2D eigenvalue weighted by molar-refractivity contribution is 5.73. The van der Waals surface area contributed by atoms with Crippen molar-refractivity contribution in [2.75, 3.05) is 13.2 Å². The third-order valence-corrected chi connectivity index (χ3v) is 2.95. The van der Waals surface area contributed by atoms with Crippen molar-refractivity contribution in [1.29, 1.82) is 0 Å². The maximum absolute atomic E-state index is 11.5. The van der Waals surface area contributed by atoms with Crippen LogP contribution < -0.4 is 0 Å². The molecule has 0 aromatic heterocycles. The summed E-state index contributed by atoms with van der Waals surface area (Å²) in [4.78, 5) is 23.0. The summed E-state index contributed by atoms with van der Waals surface area (Å²) < 4.78 is 9.88. The van der Waals surface area contributed by atoms with Gasteiger partial charge in [-0.1, -0.05) is 20.3 Å². The molecule has 0 amide bonds. The van der Waals surface area contributed by atoms with Crippen LogP contribution in [0.4, 0.5) is 0 Å². The first-order valence-electron chi connectivity index (χ1n) is 6.84. The van der Waals surface area contributed by atoms with Gasteiger partial charge in [-0.15, -0.1) is 0 Å². The topological polar surface area (TPSA) is 52.6 Å². The van der Waals surface area contributed by atoms with E-state index in [1.807, 2.05) is 0 Å². The highest BCUT2D eigenvalue weighted by Gasteiger charge is 2.21. The third-order valence-electron chi connectivity index (χ3n) is 2.95. The van der Waals surface area contributed by atoms with E-state index in [1.165, 1.54) is 0 Å². The van der Waals surface area contributed by atoms with Crippen molar-refractivity contribution in [1.82, 2.24) is 0 Å². The molecule has 0 aromatic carbocycles. The maximum atomic E-state index is 11.5. The standard InChI is InChI=1S/C14H26O4/c1-5-11(4)8-12(9-13(15)17-6-2)10-14(16)18-7-3/h11-12H,5-10H2,1-4H3. The van der Waals surface area contributed by atoms with Gasteiger partial charge in [0.2, 0.25) is 0 Å². The van der Waals surface area contributed by atoms with Gasteiger partial charge in [0.05, 0.1) is 13.2 Å². The first-order valence-corrected chi connectivity index (χ1v) is 6.84. The Bertz CT molecular complexity index is 230. The molecule has 0 saturated heterocycles. The molecule has 4 nitrogen and oxygen atoms in total. The van der Waals surface area contributed by atoms with E-state index in [4.69, 9.17) is 9.47 Å². The lowest BCUT2D eigenvalue weighted by Gasteiger charge is -2.18. The summed E-state index contributed by atoms with van der Waals surface area (Å²) in [7, 11) is 0. The molecule has 1 atom stereocenters. The molecule has 0 saturated carbocycles. The van der Waals surface area contributed by atoms with Crippen LogP contribution in [0, 0.1) is 11.8 Å². The molecule has 0 aliphatic carbocycles. The summed E-state index contributed by atoms with van der Waals surface area (Å²) in [6.45, 7) is 8.57. The van der Waals surface area contributed by atoms with Gasteiger partial charge in [0.15, 0.2) is 0 Å². The molecular formula is C14H26O4. The Labute approximate surface area is 110 Å².